The number of halogens is 2. The van der Waals surface area contributed by atoms with E-state index in [0.717, 1.165) is 63.2 Å². The molecule has 0 heterocycles. The summed E-state index contributed by atoms with van der Waals surface area (Å²) < 4.78 is 24.2. The highest BCUT2D eigenvalue weighted by Crippen LogP contribution is 2.40. The molecule has 6 nitrogen and oxygen atoms in total. The third-order valence-corrected chi connectivity index (χ3v) is 15.8. The average molecular weight is 1180 g/mol. The molecule has 0 aliphatic carbocycles. The number of benzene rings is 10. The number of rotatable bonds is 10. The van der Waals surface area contributed by atoms with Crippen LogP contribution in [0.5, 0.6) is 23.0 Å². The van der Waals surface area contributed by atoms with Crippen molar-refractivity contribution in [1.29, 1.82) is 0 Å². The summed E-state index contributed by atoms with van der Waals surface area (Å²) in [6.45, 7) is 2.20. The van der Waals surface area contributed by atoms with Gasteiger partial charge in [-0.15, -0.1) is 0 Å². The van der Waals surface area contributed by atoms with Crippen molar-refractivity contribution in [3.8, 4) is 45.3 Å². The Hall–Kier alpha value is -6.21. The van der Waals surface area contributed by atoms with Gasteiger partial charge in [-0.05, 0) is 168 Å². The van der Waals surface area contributed by atoms with Crippen LogP contribution in [0.25, 0.3) is 43.8 Å². The summed E-state index contributed by atoms with van der Waals surface area (Å²) in [5, 5.41) is 26.0. The van der Waals surface area contributed by atoms with Crippen LogP contribution in [-0.2, 0) is 0 Å². The number of aryl methyl sites for hydroxylation is 1. The normalized spacial score (nSPS) is 10.5. The highest BCUT2D eigenvalue weighted by atomic mass is 127. The van der Waals surface area contributed by atoms with Crippen molar-refractivity contribution in [2.75, 3.05) is 28.4 Å². The van der Waals surface area contributed by atoms with Crippen molar-refractivity contribution in [1.82, 2.24) is 0 Å². The van der Waals surface area contributed by atoms with E-state index in [1.54, 1.807) is 52.7 Å². The molecule has 0 aromatic heterocycles. The lowest BCUT2D eigenvalue weighted by Crippen LogP contribution is -2.29. The molecule has 10 heteroatoms. The zero-order valence-corrected chi connectivity index (χ0v) is 45.4. The van der Waals surface area contributed by atoms with E-state index >= 15 is 0 Å². The van der Waals surface area contributed by atoms with Crippen LogP contribution in [-0.4, -0.2) is 45.6 Å². The molecule has 0 amide bonds. The summed E-state index contributed by atoms with van der Waals surface area (Å²) >= 11 is 4.55. The molecule has 0 bridgehead atoms. The van der Waals surface area contributed by atoms with Gasteiger partial charge in [0.2, 0.25) is 0 Å². The van der Waals surface area contributed by atoms with E-state index in [2.05, 4.69) is 210 Å². The van der Waals surface area contributed by atoms with Crippen LogP contribution in [0, 0.1) is 14.1 Å². The molecule has 0 saturated heterocycles. The molecule has 0 aliphatic heterocycles. The van der Waals surface area contributed by atoms with Gasteiger partial charge in [-0.1, -0.05) is 176 Å². The van der Waals surface area contributed by atoms with Crippen molar-refractivity contribution in [2.45, 2.75) is 6.92 Å². The molecule has 0 atom stereocenters. The standard InChI is InChI=1S/C24H20O2.C19H17P.C12H10I2O2.C6H7BO2/c1-25-23-15-19-14-22(18-11-7-4-8-12-18)24(26-2)16-20(19)13-21(23)17-9-5-3-6-10-17;1-16-10-8-9-15-19(16)20(17-11-4-2-5-12-17)18-13-6-3-7-14-18;1-15-11-5-7-4-10(14)12(16-2)6-8(7)3-9(11)13;8-7(9)6-4-2-1-3-5-6/h3-16H,1-2H3;2-15H,1H3;3-6H,1-2H3;1-5,8-9H. The van der Waals surface area contributed by atoms with Gasteiger partial charge in [-0.2, -0.15) is 0 Å². The van der Waals surface area contributed by atoms with Crippen LogP contribution in [0.15, 0.2) is 224 Å². The summed E-state index contributed by atoms with van der Waals surface area (Å²) in [5.41, 5.74) is 6.32. The van der Waals surface area contributed by atoms with E-state index in [-0.39, 0.29) is 0 Å². The number of ether oxygens (including phenoxy) is 4. The first kappa shape index (κ1) is 52.6. The average Bonchev–Trinajstić information content (AvgIpc) is 3.42. The summed E-state index contributed by atoms with van der Waals surface area (Å²) in [7, 11) is 5.01. The van der Waals surface area contributed by atoms with Crippen LogP contribution < -0.4 is 40.3 Å². The van der Waals surface area contributed by atoms with E-state index in [9.17, 15) is 0 Å². The van der Waals surface area contributed by atoms with Gasteiger partial charge in [0.25, 0.3) is 0 Å². The minimum absolute atomic E-state index is 0.467. The molecule has 356 valence electrons. The second-order valence-electron chi connectivity index (χ2n) is 16.1. The number of fused-ring (bicyclic) bond motifs is 2. The van der Waals surface area contributed by atoms with E-state index in [1.165, 1.54) is 32.2 Å². The number of hydrogen-bond donors (Lipinski definition) is 2. The first-order valence-electron chi connectivity index (χ1n) is 22.8. The molecule has 0 spiro atoms. The number of hydrogen-bond acceptors (Lipinski definition) is 6. The summed E-state index contributed by atoms with van der Waals surface area (Å²) in [5.74, 6) is 3.56. The molecule has 0 aliphatic rings. The maximum Gasteiger partial charge on any atom is 0.488 e. The monoisotopic (exact) mass is 1180 g/mol. The third kappa shape index (κ3) is 13.8. The van der Waals surface area contributed by atoms with Crippen LogP contribution >= 0.6 is 53.1 Å². The van der Waals surface area contributed by atoms with Gasteiger partial charge in [0.1, 0.15) is 23.0 Å². The lowest BCUT2D eigenvalue weighted by atomic mass is 9.81. The first-order chi connectivity index (χ1) is 34.6. The fraction of sp³-hybridized carbons (Fsp3) is 0.0820. The molecule has 10 aromatic carbocycles. The number of methoxy groups -OCH3 is 4. The second kappa shape index (κ2) is 26.3. The Morgan fingerprint density at radius 1 is 0.380 bits per heavy atom. The minimum atomic E-state index is -1.34. The Kier molecular flexibility index (Phi) is 19.5. The summed E-state index contributed by atoms with van der Waals surface area (Å²) in [4.78, 5) is 0. The van der Waals surface area contributed by atoms with Crippen molar-refractivity contribution in [2.24, 2.45) is 0 Å². The lowest BCUT2D eigenvalue weighted by molar-refractivity contribution is 0.411. The van der Waals surface area contributed by atoms with E-state index in [0.29, 0.717) is 5.46 Å². The topological polar surface area (TPSA) is 77.4 Å². The Bertz CT molecular complexity index is 3080. The molecule has 2 N–H and O–H groups in total. The summed E-state index contributed by atoms with van der Waals surface area (Å²) in [6, 6.07) is 76.5. The minimum Gasteiger partial charge on any atom is -0.496 e. The molecule has 0 radical (unpaired) electrons. The van der Waals surface area contributed by atoms with Crippen LogP contribution in [0.3, 0.4) is 0 Å². The molecular weight excluding hydrogens is 1120 g/mol. The largest absolute Gasteiger partial charge is 0.496 e. The Labute approximate surface area is 446 Å². The van der Waals surface area contributed by atoms with Crippen LogP contribution in [0.4, 0.5) is 0 Å². The lowest BCUT2D eigenvalue weighted by Gasteiger charge is -2.21. The zero-order chi connectivity index (χ0) is 50.1. The fourth-order valence-electron chi connectivity index (χ4n) is 7.92. The summed E-state index contributed by atoms with van der Waals surface area (Å²) in [6.07, 6.45) is 0. The molecule has 71 heavy (non-hydrogen) atoms. The van der Waals surface area contributed by atoms with Gasteiger partial charge in [-0.25, -0.2) is 0 Å². The van der Waals surface area contributed by atoms with E-state index < -0.39 is 15.0 Å². The van der Waals surface area contributed by atoms with E-state index in [1.807, 2.05) is 42.5 Å². The maximum atomic E-state index is 8.58. The molecule has 10 aromatic rings. The molecular formula is C61H54BI2O6P. The van der Waals surface area contributed by atoms with Gasteiger partial charge in [0.15, 0.2) is 0 Å². The first-order valence-corrected chi connectivity index (χ1v) is 26.3. The van der Waals surface area contributed by atoms with E-state index in [4.69, 9.17) is 29.0 Å². The molecule has 0 saturated carbocycles. The smallest absolute Gasteiger partial charge is 0.488 e. The third-order valence-electron chi connectivity index (χ3n) is 11.5. The molecule has 0 fully saturated rings. The maximum absolute atomic E-state index is 8.58. The SMILES string of the molecule is COc1cc2cc(-c3ccccc3)c(OC)cc2cc1-c1ccccc1.COc1cc2cc(I)c(OC)cc2cc1I.Cc1ccccc1P(c1ccccc1)c1ccccc1.OB(O)c1ccccc1. The van der Waals surface area contributed by atoms with Crippen molar-refractivity contribution in [3.63, 3.8) is 0 Å². The zero-order valence-electron chi connectivity index (χ0n) is 40.2. The van der Waals surface area contributed by atoms with Gasteiger partial charge in [0, 0.05) is 11.1 Å². The Morgan fingerprint density at radius 3 is 1.06 bits per heavy atom. The highest BCUT2D eigenvalue weighted by Gasteiger charge is 2.18. The quantitative estimate of drug-likeness (QED) is 0.0807. The van der Waals surface area contributed by atoms with Crippen molar-refractivity contribution < 1.29 is 29.0 Å². The fourth-order valence-corrected chi connectivity index (χ4v) is 11.8. The predicted octanol–water partition coefficient (Wildman–Crippen LogP) is 13.4. The van der Waals surface area contributed by atoms with Gasteiger partial charge in [-0.3, -0.25) is 0 Å². The molecule has 10 rings (SSSR count). The Balaban J connectivity index is 0.000000147. The van der Waals surface area contributed by atoms with Crippen LogP contribution in [0.2, 0.25) is 0 Å². The molecule has 0 unspecified atom stereocenters. The van der Waals surface area contributed by atoms with Crippen LogP contribution in [0.1, 0.15) is 5.56 Å². The van der Waals surface area contributed by atoms with Gasteiger partial charge >= 0.3 is 7.12 Å². The van der Waals surface area contributed by atoms with Crippen molar-refractivity contribution in [3.05, 3.63) is 237 Å². The second-order valence-corrected chi connectivity index (χ2v) is 20.6. The van der Waals surface area contributed by atoms with Crippen molar-refractivity contribution >= 4 is 103 Å². The Morgan fingerprint density at radius 2 is 0.704 bits per heavy atom. The van der Waals surface area contributed by atoms with Gasteiger partial charge in [0.05, 0.1) is 35.6 Å². The predicted molar refractivity (Wildman–Crippen MR) is 317 cm³/mol. The highest BCUT2D eigenvalue weighted by molar-refractivity contribution is 14.1. The van der Waals surface area contributed by atoms with Gasteiger partial charge < -0.3 is 29.0 Å².